The summed E-state index contributed by atoms with van der Waals surface area (Å²) in [5, 5.41) is 0. The molecule has 0 aromatic heterocycles. The van der Waals surface area contributed by atoms with Gasteiger partial charge in [0.25, 0.3) is 0 Å². The summed E-state index contributed by atoms with van der Waals surface area (Å²) in [5.74, 6) is 0.968. The molecule has 0 N–H and O–H groups in total. The van der Waals surface area contributed by atoms with Gasteiger partial charge in [0.15, 0.2) is 5.78 Å². The Morgan fingerprint density at radius 1 is 1.19 bits per heavy atom. The molecule has 2 rings (SSSR count). The zero-order valence-corrected chi connectivity index (χ0v) is 14.6. The normalized spacial score (nSPS) is 17.3. The van der Waals surface area contributed by atoms with Crippen LogP contribution in [0.5, 0.6) is 0 Å². The van der Waals surface area contributed by atoms with Crippen molar-refractivity contribution in [3.8, 4) is 0 Å². The molecule has 1 fully saturated rings. The Morgan fingerprint density at radius 3 is 2.48 bits per heavy atom. The average Bonchev–Trinajstić information content (AvgIpc) is 2.45. The van der Waals surface area contributed by atoms with Crippen molar-refractivity contribution in [2.75, 3.05) is 39.3 Å². The van der Waals surface area contributed by atoms with Crippen molar-refractivity contribution in [1.82, 2.24) is 9.80 Å². The molecule has 1 aliphatic rings. The monoisotopic (exact) mass is 352 g/mol. The molecule has 0 radical (unpaired) electrons. The molecule has 1 saturated heterocycles. The molecule has 21 heavy (non-hydrogen) atoms. The van der Waals surface area contributed by atoms with Gasteiger partial charge in [-0.15, -0.1) is 0 Å². The van der Waals surface area contributed by atoms with E-state index in [1.165, 1.54) is 6.54 Å². The van der Waals surface area contributed by atoms with E-state index in [-0.39, 0.29) is 5.78 Å². The number of ketones is 1. The van der Waals surface area contributed by atoms with Gasteiger partial charge in [-0.2, -0.15) is 0 Å². The van der Waals surface area contributed by atoms with Gasteiger partial charge in [0.1, 0.15) is 0 Å². The van der Waals surface area contributed by atoms with E-state index in [0.717, 1.165) is 48.7 Å². The molecule has 0 atom stereocenters. The Balaban J connectivity index is 1.73. The fraction of sp³-hybridized carbons (Fsp3) is 0.588. The van der Waals surface area contributed by atoms with E-state index < -0.39 is 0 Å². The first-order chi connectivity index (χ1) is 10.0. The number of benzene rings is 1. The molecule has 0 bridgehead atoms. The van der Waals surface area contributed by atoms with Crippen molar-refractivity contribution in [2.45, 2.75) is 20.3 Å². The number of carbonyl (C=O) groups excluding carboxylic acids is 1. The van der Waals surface area contributed by atoms with E-state index in [9.17, 15) is 4.79 Å². The lowest BCUT2D eigenvalue weighted by Gasteiger charge is -2.35. The predicted octanol–water partition coefficient (Wildman–Crippen LogP) is 3.30. The molecule has 1 aromatic carbocycles. The summed E-state index contributed by atoms with van der Waals surface area (Å²) in [4.78, 5) is 17.1. The van der Waals surface area contributed by atoms with Crippen molar-refractivity contribution in [1.29, 1.82) is 0 Å². The molecular weight excluding hydrogens is 328 g/mol. The van der Waals surface area contributed by atoms with Crippen molar-refractivity contribution in [2.24, 2.45) is 5.92 Å². The maximum Gasteiger partial charge on any atom is 0.164 e. The number of rotatable bonds is 6. The number of Topliss-reactive ketones (excluding diaryl/α,β-unsaturated/α-hetero) is 1. The highest BCUT2D eigenvalue weighted by Gasteiger charge is 2.18. The van der Waals surface area contributed by atoms with E-state index in [1.54, 1.807) is 0 Å². The van der Waals surface area contributed by atoms with Gasteiger partial charge in [0.2, 0.25) is 0 Å². The lowest BCUT2D eigenvalue weighted by atomic mass is 10.1. The van der Waals surface area contributed by atoms with Gasteiger partial charge in [-0.3, -0.25) is 4.79 Å². The fourth-order valence-corrected chi connectivity index (χ4v) is 3.18. The van der Waals surface area contributed by atoms with Gasteiger partial charge in [-0.25, -0.2) is 0 Å². The Kier molecular flexibility index (Phi) is 6.40. The van der Waals surface area contributed by atoms with E-state index in [2.05, 4.69) is 39.6 Å². The maximum atomic E-state index is 12.2. The third-order valence-electron chi connectivity index (χ3n) is 3.89. The van der Waals surface area contributed by atoms with Crippen LogP contribution in [0.2, 0.25) is 0 Å². The van der Waals surface area contributed by atoms with Crippen LogP contribution in [0.3, 0.4) is 0 Å². The standard InChI is InChI=1S/C17H25BrN2O/c1-14(2)13-20-10-8-19(9-11-20)7-6-17(21)15-4-3-5-16(18)12-15/h3-5,12,14H,6-11,13H2,1-2H3. The summed E-state index contributed by atoms with van der Waals surface area (Å²) in [6.45, 7) is 11.0. The molecule has 4 heteroatoms. The van der Waals surface area contributed by atoms with Crippen LogP contribution < -0.4 is 0 Å². The van der Waals surface area contributed by atoms with Crippen molar-refractivity contribution >= 4 is 21.7 Å². The Hall–Kier alpha value is -0.710. The highest BCUT2D eigenvalue weighted by Crippen LogP contribution is 2.14. The molecule has 0 spiro atoms. The molecule has 1 aromatic rings. The molecule has 0 amide bonds. The summed E-state index contributed by atoms with van der Waals surface area (Å²) in [6, 6.07) is 7.67. The summed E-state index contributed by atoms with van der Waals surface area (Å²) < 4.78 is 0.968. The second-order valence-electron chi connectivity index (χ2n) is 6.22. The van der Waals surface area contributed by atoms with Crippen LogP contribution in [0.15, 0.2) is 28.7 Å². The van der Waals surface area contributed by atoms with Crippen LogP contribution in [-0.2, 0) is 0 Å². The van der Waals surface area contributed by atoms with E-state index in [0.29, 0.717) is 6.42 Å². The summed E-state index contributed by atoms with van der Waals surface area (Å²) in [7, 11) is 0. The maximum absolute atomic E-state index is 12.2. The summed E-state index contributed by atoms with van der Waals surface area (Å²) in [5.41, 5.74) is 0.808. The molecule has 1 heterocycles. The van der Waals surface area contributed by atoms with Gasteiger partial charge < -0.3 is 9.80 Å². The zero-order chi connectivity index (χ0) is 15.2. The smallest absolute Gasteiger partial charge is 0.164 e. The second kappa shape index (κ2) is 8.06. The minimum atomic E-state index is 0.237. The molecule has 0 aliphatic carbocycles. The van der Waals surface area contributed by atoms with Crippen molar-refractivity contribution in [3.05, 3.63) is 34.3 Å². The SMILES string of the molecule is CC(C)CN1CCN(CCC(=O)c2cccc(Br)c2)CC1. The van der Waals surface area contributed by atoms with Crippen molar-refractivity contribution < 1.29 is 4.79 Å². The van der Waals surface area contributed by atoms with E-state index in [4.69, 9.17) is 0 Å². The Labute approximate surface area is 136 Å². The number of hydrogen-bond acceptors (Lipinski definition) is 3. The van der Waals surface area contributed by atoms with Crippen LogP contribution in [0.25, 0.3) is 0 Å². The van der Waals surface area contributed by atoms with Crippen LogP contribution in [0, 0.1) is 5.92 Å². The van der Waals surface area contributed by atoms with Gasteiger partial charge in [0, 0.05) is 55.7 Å². The van der Waals surface area contributed by atoms with Crippen LogP contribution in [0.4, 0.5) is 0 Å². The largest absolute Gasteiger partial charge is 0.301 e. The number of nitrogens with zero attached hydrogens (tertiary/aromatic N) is 2. The minimum absolute atomic E-state index is 0.237. The molecule has 1 aliphatic heterocycles. The number of piperazine rings is 1. The van der Waals surface area contributed by atoms with E-state index in [1.807, 2.05) is 24.3 Å². The summed E-state index contributed by atoms with van der Waals surface area (Å²) >= 11 is 3.42. The summed E-state index contributed by atoms with van der Waals surface area (Å²) in [6.07, 6.45) is 0.612. The van der Waals surface area contributed by atoms with Crippen LogP contribution >= 0.6 is 15.9 Å². The van der Waals surface area contributed by atoms with Crippen molar-refractivity contribution in [3.63, 3.8) is 0 Å². The highest BCUT2D eigenvalue weighted by molar-refractivity contribution is 9.10. The lowest BCUT2D eigenvalue weighted by molar-refractivity contribution is 0.0918. The first-order valence-electron chi connectivity index (χ1n) is 7.78. The Morgan fingerprint density at radius 2 is 1.86 bits per heavy atom. The third kappa shape index (κ3) is 5.53. The van der Waals surface area contributed by atoms with Crippen LogP contribution in [0.1, 0.15) is 30.6 Å². The highest BCUT2D eigenvalue weighted by atomic mass is 79.9. The minimum Gasteiger partial charge on any atom is -0.301 e. The first kappa shape index (κ1) is 16.7. The lowest BCUT2D eigenvalue weighted by Crippen LogP contribution is -2.47. The molecule has 3 nitrogen and oxygen atoms in total. The predicted molar refractivity (Wildman–Crippen MR) is 90.8 cm³/mol. The quantitative estimate of drug-likeness (QED) is 0.734. The van der Waals surface area contributed by atoms with E-state index >= 15 is 0 Å². The second-order valence-corrected chi connectivity index (χ2v) is 7.14. The Bertz CT molecular complexity index is 468. The molecular formula is C17H25BrN2O. The number of halogens is 1. The molecule has 0 unspecified atom stereocenters. The van der Waals surface area contributed by atoms with Gasteiger partial charge in [-0.05, 0) is 18.1 Å². The van der Waals surface area contributed by atoms with Gasteiger partial charge in [-0.1, -0.05) is 41.9 Å². The molecule has 116 valence electrons. The van der Waals surface area contributed by atoms with Crippen LogP contribution in [-0.4, -0.2) is 54.9 Å². The zero-order valence-electron chi connectivity index (χ0n) is 13.0. The fourth-order valence-electron chi connectivity index (χ4n) is 2.78. The number of hydrogen-bond donors (Lipinski definition) is 0. The third-order valence-corrected chi connectivity index (χ3v) is 4.38. The average molecular weight is 353 g/mol. The first-order valence-corrected chi connectivity index (χ1v) is 8.57. The molecule has 0 saturated carbocycles. The van der Waals surface area contributed by atoms with Gasteiger partial charge >= 0.3 is 0 Å². The van der Waals surface area contributed by atoms with Gasteiger partial charge in [0.05, 0.1) is 0 Å². The number of carbonyl (C=O) groups is 1. The topological polar surface area (TPSA) is 23.6 Å².